The first-order chi connectivity index (χ1) is 14.1. The number of aldehydes is 1. The van der Waals surface area contributed by atoms with E-state index in [1.54, 1.807) is 0 Å². The van der Waals surface area contributed by atoms with Gasteiger partial charge in [0, 0.05) is 0 Å². The molecule has 6 atom stereocenters. The highest BCUT2D eigenvalue weighted by atomic mass is 16.4. The van der Waals surface area contributed by atoms with Crippen molar-refractivity contribution in [2.45, 2.75) is 62.3 Å². The zero-order valence-electron chi connectivity index (χ0n) is 16.9. The van der Waals surface area contributed by atoms with Crippen LogP contribution in [0.15, 0.2) is 0 Å². The molecule has 0 aromatic carbocycles. The summed E-state index contributed by atoms with van der Waals surface area (Å²) in [4.78, 5) is 20.3. The third kappa shape index (κ3) is 17.7. The van der Waals surface area contributed by atoms with Gasteiger partial charge in [0.05, 0.1) is 13.2 Å². The average molecular weight is 446 g/mol. The molecule has 0 aliphatic carbocycles. The van der Waals surface area contributed by atoms with Crippen molar-refractivity contribution in [3.8, 4) is 0 Å². The van der Waals surface area contributed by atoms with Gasteiger partial charge in [-0.25, -0.2) is 0 Å². The SMILES string of the molecule is NCCCCCCN.O=C(CO)[C@@H](O)[C@H](O)[C@H](O)CO.O=C[C@H](O)[C@@H](O)[C@H](O)CO. The predicted octanol–water partition coefficient (Wildman–Crippen LogP) is -5.65. The number of Topliss-reactive ketones (excluding diaryl/α,β-unsaturated/α-hetero) is 1. The number of aliphatic hydroxyl groups excluding tert-OH is 9. The molecule has 0 unspecified atom stereocenters. The fraction of sp³-hybridized carbons (Fsp3) is 0.882. The Morgan fingerprint density at radius 2 is 1.13 bits per heavy atom. The maximum atomic E-state index is 10.5. The quantitative estimate of drug-likeness (QED) is 0.0878. The van der Waals surface area contributed by atoms with Crippen molar-refractivity contribution in [2.75, 3.05) is 32.9 Å². The Morgan fingerprint density at radius 1 is 0.733 bits per heavy atom. The molecule has 0 aliphatic rings. The molecule has 0 spiro atoms. The topological polar surface area (TPSA) is 268 Å². The van der Waals surface area contributed by atoms with E-state index in [1.807, 2.05) is 0 Å². The fourth-order valence-electron chi connectivity index (χ4n) is 1.66. The lowest BCUT2D eigenvalue weighted by Gasteiger charge is -2.19. The Kier molecular flexibility index (Phi) is 25.2. The number of carbonyl (C=O) groups excluding carboxylic acids is 2. The summed E-state index contributed by atoms with van der Waals surface area (Å²) < 4.78 is 0. The molecule has 0 aromatic heterocycles. The van der Waals surface area contributed by atoms with Crippen LogP contribution in [0.2, 0.25) is 0 Å². The Morgan fingerprint density at radius 3 is 1.43 bits per heavy atom. The van der Waals surface area contributed by atoms with Crippen LogP contribution in [0.4, 0.5) is 0 Å². The van der Waals surface area contributed by atoms with Crippen LogP contribution in [-0.4, -0.2) is 128 Å². The van der Waals surface area contributed by atoms with Gasteiger partial charge in [-0.2, -0.15) is 0 Å². The van der Waals surface area contributed by atoms with Gasteiger partial charge in [-0.05, 0) is 25.9 Å². The standard InChI is InChI=1S/C6H16N2.C6H12O6.C5H10O5/c7-5-3-1-2-4-6-8;7-1-3(9)5(11)6(12)4(10)2-8;6-1-3(8)5(10)4(9)2-7/h1-8H2;3,5-9,11-12H,1-2H2;1,3-5,7-10H,2H2/t;3-,5-,6-;3-,4+,5+/m.10/s1. The number of unbranched alkanes of at least 4 members (excludes halogenated alkanes) is 3. The number of rotatable bonds is 14. The van der Waals surface area contributed by atoms with Crippen LogP contribution in [0, 0.1) is 0 Å². The van der Waals surface area contributed by atoms with Gasteiger partial charge in [0.25, 0.3) is 0 Å². The third-order valence-electron chi connectivity index (χ3n) is 3.62. The van der Waals surface area contributed by atoms with Crippen molar-refractivity contribution < 1.29 is 55.5 Å². The van der Waals surface area contributed by atoms with E-state index in [0.29, 0.717) is 0 Å². The van der Waals surface area contributed by atoms with Gasteiger partial charge in [-0.15, -0.1) is 0 Å². The molecular formula is C17H38N2O11. The number of aliphatic hydroxyl groups is 9. The monoisotopic (exact) mass is 446 g/mol. The summed E-state index contributed by atoms with van der Waals surface area (Å²) >= 11 is 0. The van der Waals surface area contributed by atoms with E-state index in [9.17, 15) is 9.59 Å². The summed E-state index contributed by atoms with van der Waals surface area (Å²) in [6.45, 7) is -0.728. The molecule has 0 saturated heterocycles. The van der Waals surface area contributed by atoms with Crippen molar-refractivity contribution in [3.63, 3.8) is 0 Å². The first-order valence-electron chi connectivity index (χ1n) is 9.38. The number of hydrogen-bond donors (Lipinski definition) is 11. The summed E-state index contributed by atoms with van der Waals surface area (Å²) in [7, 11) is 0. The molecule has 0 aliphatic heterocycles. The normalized spacial score (nSPS) is 16.5. The van der Waals surface area contributed by atoms with E-state index in [1.165, 1.54) is 12.8 Å². The van der Waals surface area contributed by atoms with Crippen LogP contribution in [0.5, 0.6) is 0 Å². The van der Waals surface area contributed by atoms with Gasteiger partial charge in [0.2, 0.25) is 0 Å². The molecule has 0 radical (unpaired) electrons. The summed E-state index contributed by atoms with van der Waals surface area (Å²) in [5.74, 6) is -1.00. The van der Waals surface area contributed by atoms with Crippen LogP contribution in [-0.2, 0) is 9.59 Å². The van der Waals surface area contributed by atoms with E-state index < -0.39 is 62.2 Å². The van der Waals surface area contributed by atoms with Crippen molar-refractivity contribution >= 4 is 12.1 Å². The molecule has 0 saturated carbocycles. The summed E-state index contributed by atoms with van der Waals surface area (Å²) in [6, 6.07) is 0. The number of hydrogen-bond acceptors (Lipinski definition) is 13. The first kappa shape index (κ1) is 33.5. The second-order valence-corrected chi connectivity index (χ2v) is 6.17. The zero-order valence-corrected chi connectivity index (χ0v) is 16.9. The Balaban J connectivity index is -0.000000372. The minimum Gasteiger partial charge on any atom is -0.394 e. The second-order valence-electron chi connectivity index (χ2n) is 6.17. The maximum Gasteiger partial charge on any atom is 0.189 e. The van der Waals surface area contributed by atoms with Gasteiger partial charge < -0.3 is 62.2 Å². The molecule has 0 bridgehead atoms. The van der Waals surface area contributed by atoms with E-state index in [2.05, 4.69) is 0 Å². The Bertz CT molecular complexity index is 398. The van der Waals surface area contributed by atoms with E-state index >= 15 is 0 Å². The molecule has 0 heterocycles. The molecule has 30 heavy (non-hydrogen) atoms. The van der Waals surface area contributed by atoms with Crippen LogP contribution in [0.1, 0.15) is 25.7 Å². The second kappa shape index (κ2) is 22.6. The number of carbonyl (C=O) groups is 2. The van der Waals surface area contributed by atoms with Gasteiger partial charge in [-0.3, -0.25) is 4.79 Å². The smallest absolute Gasteiger partial charge is 0.189 e. The fourth-order valence-corrected chi connectivity index (χ4v) is 1.66. The highest BCUT2D eigenvalue weighted by Gasteiger charge is 2.28. The van der Waals surface area contributed by atoms with Crippen molar-refractivity contribution in [3.05, 3.63) is 0 Å². The molecule has 0 rings (SSSR count). The van der Waals surface area contributed by atoms with E-state index in [-0.39, 0.29) is 6.29 Å². The first-order valence-corrected chi connectivity index (χ1v) is 9.38. The maximum absolute atomic E-state index is 10.5. The molecule has 0 amide bonds. The van der Waals surface area contributed by atoms with Crippen LogP contribution < -0.4 is 11.5 Å². The highest BCUT2D eigenvalue weighted by Crippen LogP contribution is 2.00. The van der Waals surface area contributed by atoms with Gasteiger partial charge >= 0.3 is 0 Å². The molecule has 13 nitrogen and oxygen atoms in total. The minimum absolute atomic E-state index is 0.0869. The van der Waals surface area contributed by atoms with Crippen LogP contribution >= 0.6 is 0 Å². The summed E-state index contributed by atoms with van der Waals surface area (Å²) in [5.41, 5.74) is 10.6. The third-order valence-corrected chi connectivity index (χ3v) is 3.62. The summed E-state index contributed by atoms with van der Waals surface area (Å²) in [6.07, 6.45) is -5.06. The van der Waals surface area contributed by atoms with Crippen LogP contribution in [0.25, 0.3) is 0 Å². The van der Waals surface area contributed by atoms with Crippen LogP contribution in [0.3, 0.4) is 0 Å². The number of ketones is 1. The largest absolute Gasteiger partial charge is 0.394 e. The van der Waals surface area contributed by atoms with Crippen molar-refractivity contribution in [2.24, 2.45) is 11.5 Å². The predicted molar refractivity (Wildman–Crippen MR) is 105 cm³/mol. The molecule has 0 aromatic rings. The zero-order chi connectivity index (χ0) is 24.1. The van der Waals surface area contributed by atoms with Crippen molar-refractivity contribution in [1.29, 1.82) is 0 Å². The minimum atomic E-state index is -1.86. The van der Waals surface area contributed by atoms with Gasteiger partial charge in [0.15, 0.2) is 12.1 Å². The Labute approximate surface area is 175 Å². The lowest BCUT2D eigenvalue weighted by Crippen LogP contribution is -2.44. The Hall–Kier alpha value is -1.10. The molecule has 13 N–H and O–H groups in total. The lowest BCUT2D eigenvalue weighted by molar-refractivity contribution is -0.142. The molecule has 182 valence electrons. The number of nitrogens with two attached hydrogens (primary N) is 2. The van der Waals surface area contributed by atoms with Gasteiger partial charge in [0.1, 0.15) is 43.2 Å². The van der Waals surface area contributed by atoms with E-state index in [0.717, 1.165) is 25.9 Å². The lowest BCUT2D eigenvalue weighted by atomic mass is 10.1. The summed E-state index contributed by atoms with van der Waals surface area (Å²) in [5, 5.41) is 77.1. The average Bonchev–Trinajstić information content (AvgIpc) is 2.78. The molecule has 13 heteroatoms. The molecular weight excluding hydrogens is 408 g/mol. The van der Waals surface area contributed by atoms with Gasteiger partial charge in [-0.1, -0.05) is 12.8 Å². The molecule has 0 fully saturated rings. The van der Waals surface area contributed by atoms with E-state index in [4.69, 9.17) is 57.4 Å². The van der Waals surface area contributed by atoms with Crippen molar-refractivity contribution in [1.82, 2.24) is 0 Å². The highest BCUT2D eigenvalue weighted by molar-refractivity contribution is 5.84.